The van der Waals surface area contributed by atoms with Gasteiger partial charge in [0.2, 0.25) is 5.91 Å². The first-order valence-electron chi connectivity index (χ1n) is 8.53. The van der Waals surface area contributed by atoms with E-state index >= 15 is 0 Å². The summed E-state index contributed by atoms with van der Waals surface area (Å²) in [5, 5.41) is 4.29. The number of nitrogens with one attached hydrogen (secondary N) is 1. The van der Waals surface area contributed by atoms with Crippen molar-refractivity contribution in [1.29, 1.82) is 0 Å². The zero-order chi connectivity index (χ0) is 17.7. The molecule has 0 saturated carbocycles. The van der Waals surface area contributed by atoms with Crippen LogP contribution < -0.4 is 5.32 Å². The average Bonchev–Trinajstić information content (AvgIpc) is 3.31. The molecular formula is C20H15FN2O2S. The zero-order valence-electron chi connectivity index (χ0n) is 13.8. The van der Waals surface area contributed by atoms with Crippen LogP contribution in [-0.4, -0.2) is 10.9 Å². The lowest BCUT2D eigenvalue weighted by Gasteiger charge is -2.02. The average molecular weight is 366 g/mol. The highest BCUT2D eigenvalue weighted by Crippen LogP contribution is 2.31. The summed E-state index contributed by atoms with van der Waals surface area (Å²) < 4.78 is 19.6. The van der Waals surface area contributed by atoms with Crippen molar-refractivity contribution in [3.8, 4) is 0 Å². The normalized spacial score (nSPS) is 13.4. The number of aryl methyl sites for hydroxylation is 2. The van der Waals surface area contributed by atoms with E-state index in [0.29, 0.717) is 15.3 Å². The van der Waals surface area contributed by atoms with Crippen molar-refractivity contribution in [3.63, 3.8) is 0 Å². The Hall–Kier alpha value is -2.73. The van der Waals surface area contributed by atoms with Gasteiger partial charge >= 0.3 is 0 Å². The fraction of sp³-hybridized carbons (Fsp3) is 0.200. The number of nitrogens with zero attached hydrogens (tertiary/aromatic N) is 1. The highest BCUT2D eigenvalue weighted by atomic mass is 32.1. The number of aromatic nitrogens is 1. The molecule has 2 heterocycles. The molecule has 2 aromatic heterocycles. The predicted molar refractivity (Wildman–Crippen MR) is 100 cm³/mol. The van der Waals surface area contributed by atoms with Gasteiger partial charge in [-0.3, -0.25) is 4.79 Å². The van der Waals surface area contributed by atoms with Gasteiger partial charge in [0.25, 0.3) is 0 Å². The van der Waals surface area contributed by atoms with Gasteiger partial charge in [0, 0.05) is 10.9 Å². The van der Waals surface area contributed by atoms with Crippen LogP contribution in [0.2, 0.25) is 0 Å². The van der Waals surface area contributed by atoms with Crippen molar-refractivity contribution in [3.05, 3.63) is 59.1 Å². The van der Waals surface area contributed by atoms with Gasteiger partial charge in [0.1, 0.15) is 11.4 Å². The molecular weight excluding hydrogens is 351 g/mol. The molecule has 0 fully saturated rings. The van der Waals surface area contributed by atoms with Crippen LogP contribution in [0.5, 0.6) is 0 Å². The predicted octanol–water partition coefficient (Wildman–Crippen LogP) is 4.85. The van der Waals surface area contributed by atoms with Crippen LogP contribution in [0.25, 0.3) is 21.2 Å². The van der Waals surface area contributed by atoms with Gasteiger partial charge in [-0.2, -0.15) is 0 Å². The Kier molecular flexibility index (Phi) is 3.53. The second kappa shape index (κ2) is 5.92. The summed E-state index contributed by atoms with van der Waals surface area (Å²) in [4.78, 5) is 16.8. The Balaban J connectivity index is 1.38. The van der Waals surface area contributed by atoms with E-state index in [9.17, 15) is 9.18 Å². The highest BCUT2D eigenvalue weighted by Gasteiger charge is 2.17. The van der Waals surface area contributed by atoms with Gasteiger partial charge in [-0.15, -0.1) is 0 Å². The van der Waals surface area contributed by atoms with E-state index < -0.39 is 0 Å². The van der Waals surface area contributed by atoms with Crippen LogP contribution in [0.15, 0.2) is 41.0 Å². The fourth-order valence-corrected chi connectivity index (χ4v) is 4.48. The molecule has 0 unspecified atom stereocenters. The third-order valence-electron chi connectivity index (χ3n) is 4.82. The molecule has 4 nitrogen and oxygen atoms in total. The molecule has 0 bridgehead atoms. The summed E-state index contributed by atoms with van der Waals surface area (Å²) in [6.45, 7) is 0. The summed E-state index contributed by atoms with van der Waals surface area (Å²) in [6, 6.07) is 8.66. The molecule has 0 radical (unpaired) electrons. The van der Waals surface area contributed by atoms with Crippen LogP contribution >= 0.6 is 11.3 Å². The minimum Gasteiger partial charge on any atom is -0.464 e. The molecule has 5 rings (SSSR count). The van der Waals surface area contributed by atoms with Gasteiger partial charge < -0.3 is 9.73 Å². The molecule has 1 N–H and O–H groups in total. The van der Waals surface area contributed by atoms with Crippen LogP contribution in [0.3, 0.4) is 0 Å². The largest absolute Gasteiger partial charge is 0.464 e. The van der Waals surface area contributed by atoms with Crippen molar-refractivity contribution >= 4 is 43.6 Å². The first-order chi connectivity index (χ1) is 12.7. The molecule has 2 aromatic carbocycles. The third kappa shape index (κ3) is 2.66. The maximum atomic E-state index is 13.3. The van der Waals surface area contributed by atoms with E-state index in [-0.39, 0.29) is 18.1 Å². The molecule has 1 aliphatic rings. The van der Waals surface area contributed by atoms with E-state index in [1.165, 1.54) is 41.0 Å². The molecule has 4 aromatic rings. The molecule has 0 spiro atoms. The molecule has 0 aliphatic heterocycles. The number of hydrogen-bond donors (Lipinski definition) is 1. The number of rotatable bonds is 3. The number of thiazole rings is 1. The summed E-state index contributed by atoms with van der Waals surface area (Å²) in [6.07, 6.45) is 5.24. The Bertz CT molecular complexity index is 1160. The van der Waals surface area contributed by atoms with Gasteiger partial charge in [-0.1, -0.05) is 11.3 Å². The van der Waals surface area contributed by atoms with Gasteiger partial charge in [0.05, 0.1) is 22.9 Å². The Morgan fingerprint density at radius 3 is 2.96 bits per heavy atom. The van der Waals surface area contributed by atoms with Crippen LogP contribution in [0.1, 0.15) is 23.1 Å². The quantitative estimate of drug-likeness (QED) is 0.564. The number of benzene rings is 2. The van der Waals surface area contributed by atoms with Gasteiger partial charge in [-0.25, -0.2) is 9.37 Å². The molecule has 1 amide bonds. The Morgan fingerprint density at radius 2 is 2.08 bits per heavy atom. The van der Waals surface area contributed by atoms with E-state index in [1.807, 2.05) is 0 Å². The van der Waals surface area contributed by atoms with Crippen molar-refractivity contribution in [2.75, 3.05) is 5.32 Å². The standard InChI is InChI=1S/C20H15FN2O2S/c21-14-4-5-16-18(9-14)26-20(22-16)23-19(24)8-13-10-25-17-7-12-3-1-2-11(12)6-15(13)17/h4-7,9-10H,1-3,8H2,(H,22,23,24). The lowest BCUT2D eigenvalue weighted by molar-refractivity contribution is -0.115. The number of carbonyl (C=O) groups excluding carboxylic acids is 1. The summed E-state index contributed by atoms with van der Waals surface area (Å²) in [5.41, 5.74) is 5.10. The van der Waals surface area contributed by atoms with Crippen LogP contribution in [0, 0.1) is 5.82 Å². The first kappa shape index (κ1) is 15.5. The summed E-state index contributed by atoms with van der Waals surface area (Å²) in [5.74, 6) is -0.468. The first-order valence-corrected chi connectivity index (χ1v) is 9.35. The van der Waals surface area contributed by atoms with E-state index in [2.05, 4.69) is 22.4 Å². The summed E-state index contributed by atoms with van der Waals surface area (Å²) >= 11 is 1.27. The number of amides is 1. The molecule has 0 atom stereocenters. The highest BCUT2D eigenvalue weighted by molar-refractivity contribution is 7.22. The molecule has 26 heavy (non-hydrogen) atoms. The van der Waals surface area contributed by atoms with E-state index in [0.717, 1.165) is 29.4 Å². The minimum absolute atomic E-state index is 0.160. The van der Waals surface area contributed by atoms with Crippen molar-refractivity contribution < 1.29 is 13.6 Å². The Morgan fingerprint density at radius 1 is 1.23 bits per heavy atom. The summed E-state index contributed by atoms with van der Waals surface area (Å²) in [7, 11) is 0. The second-order valence-electron chi connectivity index (χ2n) is 6.59. The Labute approximate surface area is 152 Å². The number of furan rings is 1. The minimum atomic E-state index is -0.309. The second-order valence-corrected chi connectivity index (χ2v) is 7.62. The molecule has 0 saturated heterocycles. The number of hydrogen-bond acceptors (Lipinski definition) is 4. The smallest absolute Gasteiger partial charge is 0.230 e. The topological polar surface area (TPSA) is 55.1 Å². The van der Waals surface area contributed by atoms with Crippen molar-refractivity contribution in [2.45, 2.75) is 25.7 Å². The fourth-order valence-electron chi connectivity index (χ4n) is 3.57. The van der Waals surface area contributed by atoms with E-state index in [1.54, 1.807) is 12.3 Å². The monoisotopic (exact) mass is 366 g/mol. The number of halogens is 1. The maximum absolute atomic E-state index is 13.3. The zero-order valence-corrected chi connectivity index (χ0v) is 14.7. The van der Waals surface area contributed by atoms with Crippen LogP contribution in [0.4, 0.5) is 9.52 Å². The maximum Gasteiger partial charge on any atom is 0.230 e. The number of anilines is 1. The number of fused-ring (bicyclic) bond motifs is 3. The number of carbonyl (C=O) groups is 1. The van der Waals surface area contributed by atoms with E-state index in [4.69, 9.17) is 4.42 Å². The molecule has 130 valence electrons. The lowest BCUT2D eigenvalue weighted by Crippen LogP contribution is -2.13. The SMILES string of the molecule is O=C(Cc1coc2cc3c(cc12)CCC3)Nc1nc2ccc(F)cc2s1. The van der Waals surface area contributed by atoms with Crippen molar-refractivity contribution in [1.82, 2.24) is 4.98 Å². The van der Waals surface area contributed by atoms with Crippen LogP contribution in [-0.2, 0) is 24.1 Å². The molecule has 6 heteroatoms. The van der Waals surface area contributed by atoms with Gasteiger partial charge in [0.15, 0.2) is 5.13 Å². The molecule has 1 aliphatic carbocycles. The lowest BCUT2D eigenvalue weighted by atomic mass is 10.0. The van der Waals surface area contributed by atoms with Gasteiger partial charge in [-0.05, 0) is 60.7 Å². The third-order valence-corrected chi connectivity index (χ3v) is 5.75. The van der Waals surface area contributed by atoms with Crippen molar-refractivity contribution in [2.24, 2.45) is 0 Å².